The summed E-state index contributed by atoms with van der Waals surface area (Å²) in [5.41, 5.74) is 3.29. The van der Waals surface area contributed by atoms with Gasteiger partial charge in [-0.2, -0.15) is 11.3 Å². The van der Waals surface area contributed by atoms with Crippen molar-refractivity contribution in [2.45, 2.75) is 13.5 Å². The predicted molar refractivity (Wildman–Crippen MR) is 71.0 cm³/mol. The summed E-state index contributed by atoms with van der Waals surface area (Å²) in [6, 6.07) is 7.52. The molecule has 0 bridgehead atoms. The van der Waals surface area contributed by atoms with Crippen molar-refractivity contribution in [3.63, 3.8) is 0 Å². The van der Waals surface area contributed by atoms with Gasteiger partial charge in [0, 0.05) is 0 Å². The molecule has 0 spiro atoms. The van der Waals surface area contributed by atoms with E-state index in [4.69, 9.17) is 0 Å². The zero-order chi connectivity index (χ0) is 12.7. The lowest BCUT2D eigenvalue weighted by molar-refractivity contribution is -0.114. The maximum absolute atomic E-state index is 12.0. The number of carbonyl (C=O) groups is 2. The van der Waals surface area contributed by atoms with Gasteiger partial charge < -0.3 is 4.90 Å². The first-order valence-electron chi connectivity index (χ1n) is 5.65. The maximum Gasteiger partial charge on any atom is 0.299 e. The van der Waals surface area contributed by atoms with Crippen molar-refractivity contribution in [1.82, 2.24) is 0 Å². The molecule has 1 aliphatic heterocycles. The highest BCUT2D eigenvalue weighted by atomic mass is 32.1. The van der Waals surface area contributed by atoms with Gasteiger partial charge in [-0.1, -0.05) is 11.6 Å². The molecule has 0 fully saturated rings. The SMILES string of the molecule is Cc1ccc2c(c1)C(=O)C(=O)N2Cc1ccsc1. The summed E-state index contributed by atoms with van der Waals surface area (Å²) in [6.07, 6.45) is 0. The van der Waals surface area contributed by atoms with E-state index in [2.05, 4.69) is 0 Å². The van der Waals surface area contributed by atoms with Gasteiger partial charge in [0.25, 0.3) is 11.7 Å². The average Bonchev–Trinajstić information content (AvgIpc) is 2.94. The third kappa shape index (κ3) is 1.66. The third-order valence-corrected chi connectivity index (χ3v) is 3.78. The second-order valence-corrected chi connectivity index (χ2v) is 5.15. The first-order valence-corrected chi connectivity index (χ1v) is 6.59. The molecule has 1 amide bonds. The standard InChI is InChI=1S/C14H11NO2S/c1-9-2-3-12-11(6-9)13(16)14(17)15(12)7-10-4-5-18-8-10/h2-6,8H,7H2,1H3. The highest BCUT2D eigenvalue weighted by Gasteiger charge is 2.35. The molecule has 18 heavy (non-hydrogen) atoms. The first kappa shape index (κ1) is 11.2. The molecule has 3 nitrogen and oxygen atoms in total. The molecule has 0 unspecified atom stereocenters. The highest BCUT2D eigenvalue weighted by molar-refractivity contribution is 7.07. The largest absolute Gasteiger partial charge is 0.300 e. The van der Waals surface area contributed by atoms with E-state index in [1.165, 1.54) is 0 Å². The third-order valence-electron chi connectivity index (χ3n) is 3.05. The van der Waals surface area contributed by atoms with Crippen molar-refractivity contribution < 1.29 is 9.59 Å². The van der Waals surface area contributed by atoms with Gasteiger partial charge in [0.2, 0.25) is 0 Å². The van der Waals surface area contributed by atoms with Crippen LogP contribution in [0.25, 0.3) is 0 Å². The number of ketones is 1. The van der Waals surface area contributed by atoms with Crippen LogP contribution in [0.1, 0.15) is 21.5 Å². The molecule has 1 aromatic carbocycles. The lowest BCUT2D eigenvalue weighted by Crippen LogP contribution is -2.28. The number of benzene rings is 1. The Morgan fingerprint density at radius 3 is 2.78 bits per heavy atom. The minimum atomic E-state index is -0.429. The van der Waals surface area contributed by atoms with Crippen LogP contribution in [-0.4, -0.2) is 11.7 Å². The lowest BCUT2D eigenvalue weighted by Gasteiger charge is -2.15. The molecule has 0 saturated heterocycles. The van der Waals surface area contributed by atoms with Crippen LogP contribution >= 0.6 is 11.3 Å². The number of thiophene rings is 1. The Bertz CT molecular complexity index is 631. The second kappa shape index (κ2) is 4.07. The zero-order valence-electron chi connectivity index (χ0n) is 9.84. The van der Waals surface area contributed by atoms with Gasteiger partial charge in [-0.25, -0.2) is 0 Å². The van der Waals surface area contributed by atoms with Crippen molar-refractivity contribution in [2.24, 2.45) is 0 Å². The van der Waals surface area contributed by atoms with Gasteiger partial charge in [0.15, 0.2) is 0 Å². The van der Waals surface area contributed by atoms with Crippen LogP contribution in [0.4, 0.5) is 5.69 Å². The number of aryl methyl sites for hydroxylation is 1. The lowest BCUT2D eigenvalue weighted by atomic mass is 10.1. The van der Waals surface area contributed by atoms with Crippen molar-refractivity contribution in [3.05, 3.63) is 51.7 Å². The molecule has 0 saturated carbocycles. The topological polar surface area (TPSA) is 37.4 Å². The quantitative estimate of drug-likeness (QED) is 0.776. The molecular formula is C14H11NO2S. The molecule has 2 heterocycles. The van der Waals surface area contributed by atoms with E-state index in [9.17, 15) is 9.59 Å². The molecule has 2 aromatic rings. The normalized spacial score (nSPS) is 14.2. The summed E-state index contributed by atoms with van der Waals surface area (Å²) >= 11 is 1.59. The summed E-state index contributed by atoms with van der Waals surface area (Å²) < 4.78 is 0. The van der Waals surface area contributed by atoms with Gasteiger partial charge >= 0.3 is 0 Å². The van der Waals surface area contributed by atoms with E-state index in [-0.39, 0.29) is 0 Å². The molecule has 1 aliphatic rings. The first-order chi connectivity index (χ1) is 8.66. The average molecular weight is 257 g/mol. The van der Waals surface area contributed by atoms with E-state index >= 15 is 0 Å². The Morgan fingerprint density at radius 1 is 1.22 bits per heavy atom. The van der Waals surface area contributed by atoms with Crippen LogP contribution in [0, 0.1) is 6.92 Å². The molecule has 0 N–H and O–H groups in total. The van der Waals surface area contributed by atoms with E-state index in [1.54, 1.807) is 22.3 Å². The van der Waals surface area contributed by atoms with E-state index in [1.807, 2.05) is 35.9 Å². The van der Waals surface area contributed by atoms with Crippen LogP contribution in [0.5, 0.6) is 0 Å². The summed E-state index contributed by atoms with van der Waals surface area (Å²) in [7, 11) is 0. The monoisotopic (exact) mass is 257 g/mol. The number of Topliss-reactive ketones (excluding diaryl/α,β-unsaturated/α-hetero) is 1. The fourth-order valence-electron chi connectivity index (χ4n) is 2.14. The predicted octanol–water partition coefficient (Wildman–Crippen LogP) is 2.79. The summed E-state index contributed by atoms with van der Waals surface area (Å²) in [4.78, 5) is 25.4. The number of anilines is 1. The Hall–Kier alpha value is -1.94. The second-order valence-electron chi connectivity index (χ2n) is 4.37. The summed E-state index contributed by atoms with van der Waals surface area (Å²) in [5.74, 6) is -0.828. The summed E-state index contributed by atoms with van der Waals surface area (Å²) in [5, 5.41) is 3.96. The number of amides is 1. The number of hydrogen-bond acceptors (Lipinski definition) is 3. The fraction of sp³-hybridized carbons (Fsp3) is 0.143. The van der Waals surface area contributed by atoms with Crippen LogP contribution in [0.3, 0.4) is 0 Å². The van der Waals surface area contributed by atoms with Gasteiger partial charge in [-0.3, -0.25) is 9.59 Å². The molecular weight excluding hydrogens is 246 g/mol. The van der Waals surface area contributed by atoms with Crippen molar-refractivity contribution in [3.8, 4) is 0 Å². The Balaban J connectivity index is 2.02. The Labute approximate surface area is 109 Å². The molecule has 3 rings (SSSR count). The van der Waals surface area contributed by atoms with Crippen LogP contribution < -0.4 is 4.90 Å². The molecule has 0 aliphatic carbocycles. The molecule has 0 radical (unpaired) electrons. The van der Waals surface area contributed by atoms with Gasteiger partial charge in [0.1, 0.15) is 0 Å². The maximum atomic E-state index is 12.0. The minimum absolute atomic E-state index is 0.399. The number of fused-ring (bicyclic) bond motifs is 1. The van der Waals surface area contributed by atoms with Crippen molar-refractivity contribution in [1.29, 1.82) is 0 Å². The molecule has 90 valence electrons. The van der Waals surface area contributed by atoms with Crippen LogP contribution in [0.15, 0.2) is 35.0 Å². The number of rotatable bonds is 2. The molecule has 0 atom stereocenters. The molecule has 4 heteroatoms. The Kier molecular flexibility index (Phi) is 2.52. The van der Waals surface area contributed by atoms with E-state index in [0.717, 1.165) is 16.8 Å². The van der Waals surface area contributed by atoms with Crippen LogP contribution in [-0.2, 0) is 11.3 Å². The number of nitrogens with zero attached hydrogens (tertiary/aromatic N) is 1. The fourth-order valence-corrected chi connectivity index (χ4v) is 2.80. The Morgan fingerprint density at radius 2 is 2.06 bits per heavy atom. The zero-order valence-corrected chi connectivity index (χ0v) is 10.7. The number of carbonyl (C=O) groups excluding carboxylic acids is 2. The number of hydrogen-bond donors (Lipinski definition) is 0. The van der Waals surface area contributed by atoms with Crippen LogP contribution in [0.2, 0.25) is 0 Å². The minimum Gasteiger partial charge on any atom is -0.300 e. The van der Waals surface area contributed by atoms with Gasteiger partial charge in [0.05, 0.1) is 17.8 Å². The van der Waals surface area contributed by atoms with E-state index in [0.29, 0.717) is 12.1 Å². The van der Waals surface area contributed by atoms with Gasteiger partial charge in [-0.05, 0) is 41.4 Å². The van der Waals surface area contributed by atoms with E-state index < -0.39 is 11.7 Å². The summed E-state index contributed by atoms with van der Waals surface area (Å²) in [6.45, 7) is 2.38. The van der Waals surface area contributed by atoms with Gasteiger partial charge in [-0.15, -0.1) is 0 Å². The van der Waals surface area contributed by atoms with Crippen molar-refractivity contribution in [2.75, 3.05) is 4.90 Å². The molecule has 1 aromatic heterocycles. The highest BCUT2D eigenvalue weighted by Crippen LogP contribution is 2.31. The van der Waals surface area contributed by atoms with Crippen molar-refractivity contribution >= 4 is 28.7 Å². The smallest absolute Gasteiger partial charge is 0.299 e.